The van der Waals surface area contributed by atoms with E-state index in [0.717, 1.165) is 25.2 Å². The number of piperazine rings is 1. The van der Waals surface area contributed by atoms with Gasteiger partial charge in [-0.1, -0.05) is 0 Å². The second kappa shape index (κ2) is 11.2. The van der Waals surface area contributed by atoms with Gasteiger partial charge >= 0.3 is 12.1 Å². The van der Waals surface area contributed by atoms with Crippen LogP contribution in [0.25, 0.3) is 0 Å². The van der Waals surface area contributed by atoms with E-state index in [1.54, 1.807) is 6.92 Å². The highest BCUT2D eigenvalue weighted by Crippen LogP contribution is 2.34. The Hall–Kier alpha value is -2.33. The highest BCUT2D eigenvalue weighted by Gasteiger charge is 2.33. The van der Waals surface area contributed by atoms with E-state index in [9.17, 15) is 22.8 Å². The molecule has 1 aromatic carbocycles. The fourth-order valence-corrected chi connectivity index (χ4v) is 2.64. The minimum Gasteiger partial charge on any atom is -0.462 e. The molecule has 1 fully saturated rings. The summed E-state index contributed by atoms with van der Waals surface area (Å²) in [7, 11) is 0. The number of rotatable bonds is 5. The van der Waals surface area contributed by atoms with Crippen molar-refractivity contribution in [3.8, 4) is 0 Å². The maximum atomic E-state index is 13.1. The second-order valence-electron chi connectivity index (χ2n) is 7.67. The molecule has 0 saturated carbocycles. The number of nitrogens with one attached hydrogen (secondary N) is 1. The van der Waals surface area contributed by atoms with Gasteiger partial charge in [0.2, 0.25) is 0 Å². The lowest BCUT2D eigenvalue weighted by Gasteiger charge is -2.28. The van der Waals surface area contributed by atoms with Crippen molar-refractivity contribution in [3.63, 3.8) is 0 Å². The van der Waals surface area contributed by atoms with Crippen LogP contribution in [-0.2, 0) is 27.0 Å². The number of ether oxygens (including phenoxy) is 2. The molecule has 0 aliphatic carbocycles. The van der Waals surface area contributed by atoms with Crippen LogP contribution < -0.4 is 11.1 Å². The molecule has 1 heterocycles. The molecular weight excluding hydrogens is 403 g/mol. The molecule has 0 radical (unpaired) electrons. The maximum Gasteiger partial charge on any atom is 0.416 e. The van der Waals surface area contributed by atoms with Crippen molar-refractivity contribution in [1.82, 2.24) is 10.2 Å². The van der Waals surface area contributed by atoms with Crippen molar-refractivity contribution in [1.29, 1.82) is 0 Å². The normalized spacial score (nSPS) is 15.0. The molecule has 0 unspecified atom stereocenters. The van der Waals surface area contributed by atoms with Crippen LogP contribution in [0.2, 0.25) is 0 Å². The number of carbonyl (C=O) groups excluding carboxylic acids is 2. The molecule has 0 amide bonds. The zero-order chi connectivity index (χ0) is 22.9. The number of halogens is 3. The number of nitrogens with two attached hydrogens (primary N) is 1. The Bertz CT molecular complexity index is 712. The van der Waals surface area contributed by atoms with Crippen LogP contribution in [0, 0.1) is 0 Å². The SMILES string of the molecule is CC(C)(C)OC=O.CCOC(=O)c1cc(C(F)(F)F)cc(CN2CCNCC2)c1N. The summed E-state index contributed by atoms with van der Waals surface area (Å²) in [5.74, 6) is -0.835. The molecule has 0 atom stereocenters. The van der Waals surface area contributed by atoms with Gasteiger partial charge in [0.1, 0.15) is 5.60 Å². The number of nitrogens with zero attached hydrogens (tertiary/aromatic N) is 1. The third kappa shape index (κ3) is 8.58. The van der Waals surface area contributed by atoms with Crippen molar-refractivity contribution >= 4 is 18.1 Å². The molecule has 1 saturated heterocycles. The highest BCUT2D eigenvalue weighted by atomic mass is 19.4. The summed E-state index contributed by atoms with van der Waals surface area (Å²) in [6, 6.07) is 1.77. The topological polar surface area (TPSA) is 93.9 Å². The third-order valence-electron chi connectivity index (χ3n) is 4.09. The van der Waals surface area contributed by atoms with Gasteiger partial charge in [-0.05, 0) is 45.4 Å². The fraction of sp³-hybridized carbons (Fsp3) is 0.600. The molecule has 30 heavy (non-hydrogen) atoms. The molecule has 7 nitrogen and oxygen atoms in total. The Kier molecular flexibility index (Phi) is 9.57. The number of alkyl halides is 3. The minimum absolute atomic E-state index is 0.0509. The van der Waals surface area contributed by atoms with Crippen molar-refractivity contribution < 1.29 is 32.2 Å². The van der Waals surface area contributed by atoms with Crippen LogP contribution in [0.15, 0.2) is 12.1 Å². The first-order chi connectivity index (χ1) is 13.9. The Balaban J connectivity index is 0.000000553. The largest absolute Gasteiger partial charge is 0.462 e. The van der Waals surface area contributed by atoms with E-state index in [1.165, 1.54) is 0 Å². The second-order valence-corrected chi connectivity index (χ2v) is 7.67. The van der Waals surface area contributed by atoms with E-state index in [-0.39, 0.29) is 30.0 Å². The van der Waals surface area contributed by atoms with Crippen molar-refractivity contribution in [2.75, 3.05) is 38.5 Å². The molecule has 1 aliphatic heterocycles. The number of nitrogen functional groups attached to an aromatic ring is 1. The molecule has 2 rings (SSSR count). The first-order valence-electron chi connectivity index (χ1n) is 9.60. The maximum absolute atomic E-state index is 13.1. The van der Waals surface area contributed by atoms with Crippen LogP contribution in [-0.4, -0.2) is 55.7 Å². The summed E-state index contributed by atoms with van der Waals surface area (Å²) in [6.07, 6.45) is -4.55. The lowest BCUT2D eigenvalue weighted by Crippen LogP contribution is -2.43. The van der Waals surface area contributed by atoms with E-state index in [4.69, 9.17) is 10.5 Å². The summed E-state index contributed by atoms with van der Waals surface area (Å²) in [4.78, 5) is 23.5. The standard InChI is InChI=1S/C15H20F3N3O2.C5H10O2/c1-2-23-14(22)12-8-11(15(16,17)18)7-10(13(12)19)9-21-5-3-20-4-6-21;1-5(2,3)7-4-6/h7-8,20H,2-6,9,19H2,1H3;4H,1-3H3. The summed E-state index contributed by atoms with van der Waals surface area (Å²) in [5, 5.41) is 3.17. The number of carbonyl (C=O) groups is 2. The first-order valence-corrected chi connectivity index (χ1v) is 9.60. The van der Waals surface area contributed by atoms with Gasteiger partial charge in [-0.3, -0.25) is 9.69 Å². The molecule has 170 valence electrons. The average Bonchev–Trinajstić information content (AvgIpc) is 2.63. The number of esters is 1. The van der Waals surface area contributed by atoms with Gasteiger partial charge in [-0.15, -0.1) is 0 Å². The van der Waals surface area contributed by atoms with Crippen LogP contribution in [0.1, 0.15) is 49.2 Å². The highest BCUT2D eigenvalue weighted by molar-refractivity contribution is 5.96. The summed E-state index contributed by atoms with van der Waals surface area (Å²) in [5.41, 5.74) is 4.84. The zero-order valence-electron chi connectivity index (χ0n) is 17.8. The predicted octanol–water partition coefficient (Wildman–Crippen LogP) is 2.83. The zero-order valence-corrected chi connectivity index (χ0v) is 17.8. The van der Waals surface area contributed by atoms with Gasteiger partial charge < -0.3 is 20.5 Å². The predicted molar refractivity (Wildman–Crippen MR) is 107 cm³/mol. The van der Waals surface area contributed by atoms with Crippen LogP contribution in [0.5, 0.6) is 0 Å². The smallest absolute Gasteiger partial charge is 0.416 e. The molecule has 0 bridgehead atoms. The van der Waals surface area contributed by atoms with Crippen molar-refractivity contribution in [3.05, 3.63) is 28.8 Å². The van der Waals surface area contributed by atoms with E-state index in [1.807, 2.05) is 25.7 Å². The Morgan fingerprint density at radius 3 is 2.27 bits per heavy atom. The molecule has 0 spiro atoms. The summed E-state index contributed by atoms with van der Waals surface area (Å²) >= 11 is 0. The lowest BCUT2D eigenvalue weighted by atomic mass is 10.0. The number of benzene rings is 1. The van der Waals surface area contributed by atoms with E-state index >= 15 is 0 Å². The van der Waals surface area contributed by atoms with Gasteiger partial charge in [-0.2, -0.15) is 13.2 Å². The molecule has 0 aromatic heterocycles. The molecular formula is C20H30F3N3O4. The van der Waals surface area contributed by atoms with E-state index in [0.29, 0.717) is 25.1 Å². The summed E-state index contributed by atoms with van der Waals surface area (Å²) < 4.78 is 48.6. The van der Waals surface area contributed by atoms with Gasteiger partial charge in [0.25, 0.3) is 6.47 Å². The quantitative estimate of drug-likeness (QED) is 0.419. The van der Waals surface area contributed by atoms with E-state index < -0.39 is 17.7 Å². The monoisotopic (exact) mass is 433 g/mol. The molecule has 10 heteroatoms. The Labute approximate surface area is 174 Å². The number of anilines is 1. The third-order valence-corrected chi connectivity index (χ3v) is 4.09. The molecule has 1 aromatic rings. The Morgan fingerprint density at radius 1 is 1.23 bits per heavy atom. The van der Waals surface area contributed by atoms with Gasteiger partial charge in [0.05, 0.1) is 23.4 Å². The van der Waals surface area contributed by atoms with Gasteiger partial charge in [-0.25, -0.2) is 4.79 Å². The number of hydrogen-bond donors (Lipinski definition) is 2. The van der Waals surface area contributed by atoms with Crippen LogP contribution in [0.3, 0.4) is 0 Å². The first kappa shape index (κ1) is 25.7. The molecule has 1 aliphatic rings. The van der Waals surface area contributed by atoms with Gasteiger partial charge in [0.15, 0.2) is 0 Å². The van der Waals surface area contributed by atoms with Crippen molar-refractivity contribution in [2.45, 2.75) is 46.0 Å². The Morgan fingerprint density at radius 2 is 1.83 bits per heavy atom. The van der Waals surface area contributed by atoms with Gasteiger partial charge in [0, 0.05) is 32.7 Å². The van der Waals surface area contributed by atoms with Crippen LogP contribution >= 0.6 is 0 Å². The minimum atomic E-state index is -4.55. The lowest BCUT2D eigenvalue weighted by molar-refractivity contribution is -0.139. The summed E-state index contributed by atoms with van der Waals surface area (Å²) in [6.45, 7) is 10.8. The van der Waals surface area contributed by atoms with Crippen molar-refractivity contribution in [2.24, 2.45) is 0 Å². The average molecular weight is 433 g/mol. The molecule has 3 N–H and O–H groups in total. The van der Waals surface area contributed by atoms with Crippen LogP contribution in [0.4, 0.5) is 18.9 Å². The fourth-order valence-electron chi connectivity index (χ4n) is 2.64. The number of hydrogen-bond acceptors (Lipinski definition) is 7. The van der Waals surface area contributed by atoms with E-state index in [2.05, 4.69) is 10.1 Å².